The van der Waals surface area contributed by atoms with Gasteiger partial charge in [-0.3, -0.25) is 19.7 Å². The van der Waals surface area contributed by atoms with Crippen LogP contribution >= 0.6 is 15.9 Å². The molecule has 0 fully saturated rings. The number of likely N-dealkylation sites (N-methyl/N-ethyl adjacent to an activating group) is 1. The fourth-order valence-electron chi connectivity index (χ4n) is 3.11. The van der Waals surface area contributed by atoms with Gasteiger partial charge in [0.05, 0.1) is 17.0 Å². The van der Waals surface area contributed by atoms with Crippen LogP contribution in [0, 0.1) is 10.1 Å². The van der Waals surface area contributed by atoms with Crippen LogP contribution in [0.15, 0.2) is 46.9 Å². The molecule has 26 heavy (non-hydrogen) atoms. The SMILES string of the molecule is CCN1C(=O)C(O)(CC(=O)c2ccc([N+](=O)[O-])cc2)c2cc(Br)ccc21. The van der Waals surface area contributed by atoms with Crippen LogP contribution in [0.3, 0.4) is 0 Å². The molecule has 2 aromatic carbocycles. The molecule has 1 aliphatic rings. The molecular formula is C18H15BrN2O5. The highest BCUT2D eigenvalue weighted by atomic mass is 79.9. The highest BCUT2D eigenvalue weighted by Crippen LogP contribution is 2.44. The number of carbonyl (C=O) groups is 2. The predicted octanol–water partition coefficient (Wildman–Crippen LogP) is 3.18. The van der Waals surface area contributed by atoms with Crippen molar-refractivity contribution in [1.82, 2.24) is 0 Å². The van der Waals surface area contributed by atoms with Gasteiger partial charge >= 0.3 is 0 Å². The van der Waals surface area contributed by atoms with Crippen LogP contribution in [0.1, 0.15) is 29.3 Å². The Morgan fingerprint density at radius 1 is 1.27 bits per heavy atom. The molecule has 1 amide bonds. The summed E-state index contributed by atoms with van der Waals surface area (Å²) in [5, 5.41) is 21.8. The molecule has 0 aliphatic carbocycles. The van der Waals surface area contributed by atoms with Crippen LogP contribution in [0.25, 0.3) is 0 Å². The topological polar surface area (TPSA) is 101 Å². The lowest BCUT2D eigenvalue weighted by Crippen LogP contribution is -2.41. The molecule has 0 spiro atoms. The van der Waals surface area contributed by atoms with E-state index in [1.807, 2.05) is 0 Å². The third-order valence-corrected chi connectivity index (χ3v) is 4.92. The van der Waals surface area contributed by atoms with Gasteiger partial charge in [-0.05, 0) is 37.3 Å². The number of amides is 1. The number of Topliss-reactive ketones (excluding diaryl/α,β-unsaturated/α-hetero) is 1. The number of nitro benzene ring substituents is 1. The van der Waals surface area contributed by atoms with Crippen molar-refractivity contribution in [1.29, 1.82) is 0 Å². The number of nitrogens with zero attached hydrogens (tertiary/aromatic N) is 2. The van der Waals surface area contributed by atoms with Crippen molar-refractivity contribution >= 4 is 39.0 Å². The Morgan fingerprint density at radius 3 is 2.50 bits per heavy atom. The average Bonchev–Trinajstić information content (AvgIpc) is 2.82. The second-order valence-electron chi connectivity index (χ2n) is 5.98. The molecule has 0 saturated heterocycles. The lowest BCUT2D eigenvalue weighted by atomic mass is 9.88. The van der Waals surface area contributed by atoms with E-state index < -0.39 is 28.6 Å². The maximum atomic E-state index is 12.8. The Balaban J connectivity index is 1.95. The standard InChI is InChI=1S/C18H15BrN2O5/c1-2-20-15-8-5-12(19)9-14(15)18(24,17(20)23)10-16(22)11-3-6-13(7-4-11)21(25)26/h3-9,24H,2,10H2,1H3. The van der Waals surface area contributed by atoms with E-state index in [0.29, 0.717) is 22.3 Å². The predicted molar refractivity (Wildman–Crippen MR) is 98.1 cm³/mol. The van der Waals surface area contributed by atoms with Gasteiger partial charge in [-0.2, -0.15) is 0 Å². The summed E-state index contributed by atoms with van der Waals surface area (Å²) in [6.45, 7) is 2.15. The Bertz CT molecular complexity index is 912. The van der Waals surface area contributed by atoms with Gasteiger partial charge in [0.2, 0.25) is 0 Å². The number of non-ortho nitro benzene ring substituents is 1. The van der Waals surface area contributed by atoms with Crippen LogP contribution < -0.4 is 4.90 Å². The van der Waals surface area contributed by atoms with Crippen LogP contribution in [-0.2, 0) is 10.4 Å². The van der Waals surface area contributed by atoms with Gasteiger partial charge < -0.3 is 10.0 Å². The van der Waals surface area contributed by atoms with E-state index in [-0.39, 0.29) is 11.3 Å². The monoisotopic (exact) mass is 418 g/mol. The first-order valence-electron chi connectivity index (χ1n) is 7.90. The molecule has 0 bridgehead atoms. The van der Waals surface area contributed by atoms with Crippen molar-refractivity contribution < 1.29 is 19.6 Å². The first-order valence-corrected chi connectivity index (χ1v) is 8.69. The lowest BCUT2D eigenvalue weighted by molar-refractivity contribution is -0.384. The molecule has 1 N–H and O–H groups in total. The van der Waals surface area contributed by atoms with Crippen molar-refractivity contribution in [2.45, 2.75) is 18.9 Å². The molecule has 0 aromatic heterocycles. The third-order valence-electron chi connectivity index (χ3n) is 4.43. The third kappa shape index (κ3) is 2.91. The quantitative estimate of drug-likeness (QED) is 0.456. The molecule has 2 aromatic rings. The first kappa shape index (κ1) is 18.2. The normalized spacial score (nSPS) is 18.7. The van der Waals surface area contributed by atoms with E-state index in [2.05, 4.69) is 15.9 Å². The van der Waals surface area contributed by atoms with Crippen LogP contribution in [0.5, 0.6) is 0 Å². The summed E-state index contributed by atoms with van der Waals surface area (Å²) >= 11 is 3.32. The van der Waals surface area contributed by atoms with E-state index in [1.165, 1.54) is 29.2 Å². The minimum Gasteiger partial charge on any atom is -0.375 e. The Labute approximate surface area is 157 Å². The largest absolute Gasteiger partial charge is 0.375 e. The fourth-order valence-corrected chi connectivity index (χ4v) is 3.47. The summed E-state index contributed by atoms with van der Waals surface area (Å²) in [5.41, 5.74) is -0.964. The van der Waals surface area contributed by atoms with Gasteiger partial charge in [0.25, 0.3) is 11.6 Å². The molecule has 8 heteroatoms. The summed E-state index contributed by atoms with van der Waals surface area (Å²) in [6.07, 6.45) is -0.441. The van der Waals surface area contributed by atoms with Crippen LogP contribution in [0.2, 0.25) is 0 Å². The first-order chi connectivity index (χ1) is 12.3. The van der Waals surface area contributed by atoms with E-state index >= 15 is 0 Å². The van der Waals surface area contributed by atoms with Gasteiger partial charge in [-0.1, -0.05) is 15.9 Å². The van der Waals surface area contributed by atoms with Crippen molar-refractivity contribution in [3.05, 3.63) is 68.2 Å². The number of hydrogen-bond donors (Lipinski definition) is 1. The summed E-state index contributed by atoms with van der Waals surface area (Å²) in [5.74, 6) is -1.03. The van der Waals surface area contributed by atoms with Crippen molar-refractivity contribution in [3.8, 4) is 0 Å². The molecule has 1 aliphatic heterocycles. The number of aliphatic hydroxyl groups is 1. The minimum absolute atomic E-state index is 0.136. The Kier molecular flexibility index (Phi) is 4.64. The fraction of sp³-hybridized carbons (Fsp3) is 0.222. The number of ketones is 1. The van der Waals surface area contributed by atoms with E-state index in [0.717, 1.165) is 0 Å². The van der Waals surface area contributed by atoms with Gasteiger partial charge in [-0.25, -0.2) is 0 Å². The smallest absolute Gasteiger partial charge is 0.269 e. The molecular weight excluding hydrogens is 404 g/mol. The lowest BCUT2D eigenvalue weighted by Gasteiger charge is -2.22. The number of fused-ring (bicyclic) bond motifs is 1. The van der Waals surface area contributed by atoms with Gasteiger partial charge in [-0.15, -0.1) is 0 Å². The number of benzene rings is 2. The van der Waals surface area contributed by atoms with Crippen molar-refractivity contribution in [2.75, 3.05) is 11.4 Å². The maximum Gasteiger partial charge on any atom is 0.269 e. The zero-order valence-electron chi connectivity index (χ0n) is 13.8. The second-order valence-corrected chi connectivity index (χ2v) is 6.89. The molecule has 0 saturated carbocycles. The number of nitro groups is 1. The Morgan fingerprint density at radius 2 is 1.92 bits per heavy atom. The number of carbonyl (C=O) groups excluding carboxylic acids is 2. The zero-order valence-corrected chi connectivity index (χ0v) is 15.4. The highest BCUT2D eigenvalue weighted by molar-refractivity contribution is 9.10. The van der Waals surface area contributed by atoms with Gasteiger partial charge in [0.1, 0.15) is 0 Å². The van der Waals surface area contributed by atoms with E-state index in [9.17, 15) is 24.8 Å². The number of rotatable bonds is 5. The van der Waals surface area contributed by atoms with Gasteiger partial charge in [0.15, 0.2) is 11.4 Å². The molecule has 0 radical (unpaired) electrons. The van der Waals surface area contributed by atoms with Gasteiger partial charge in [0, 0.05) is 34.3 Å². The zero-order chi connectivity index (χ0) is 19.1. The molecule has 3 rings (SSSR count). The molecule has 1 atom stereocenters. The number of halogens is 1. The summed E-state index contributed by atoms with van der Waals surface area (Å²) < 4.78 is 0.684. The van der Waals surface area contributed by atoms with E-state index in [1.54, 1.807) is 25.1 Å². The minimum atomic E-state index is -1.96. The summed E-state index contributed by atoms with van der Waals surface area (Å²) in [6, 6.07) is 10.2. The summed E-state index contributed by atoms with van der Waals surface area (Å²) in [4.78, 5) is 37.0. The molecule has 134 valence electrons. The van der Waals surface area contributed by atoms with Crippen LogP contribution in [0.4, 0.5) is 11.4 Å². The van der Waals surface area contributed by atoms with Crippen LogP contribution in [-0.4, -0.2) is 28.3 Å². The molecule has 1 heterocycles. The van der Waals surface area contributed by atoms with Crippen molar-refractivity contribution in [3.63, 3.8) is 0 Å². The number of anilines is 1. The van der Waals surface area contributed by atoms with Crippen molar-refractivity contribution in [2.24, 2.45) is 0 Å². The average molecular weight is 419 g/mol. The number of hydrogen-bond acceptors (Lipinski definition) is 5. The summed E-state index contributed by atoms with van der Waals surface area (Å²) in [7, 11) is 0. The van der Waals surface area contributed by atoms with E-state index in [4.69, 9.17) is 0 Å². The highest BCUT2D eigenvalue weighted by Gasteiger charge is 2.50. The molecule has 7 nitrogen and oxygen atoms in total. The maximum absolute atomic E-state index is 12.8. The Hall–Kier alpha value is -2.58. The molecule has 1 unspecified atom stereocenters. The second kappa shape index (κ2) is 6.62.